The number of nitrogens with one attached hydrogen (secondary N) is 1. The summed E-state index contributed by atoms with van der Waals surface area (Å²) in [4.78, 5) is 16.5. The van der Waals surface area contributed by atoms with E-state index in [2.05, 4.69) is 36.2 Å². The van der Waals surface area contributed by atoms with E-state index in [1.807, 2.05) is 17.0 Å². The van der Waals surface area contributed by atoms with E-state index in [4.69, 9.17) is 4.74 Å². The molecule has 3 rings (SSSR count). The maximum Gasteiger partial charge on any atom is 0.321 e. The summed E-state index contributed by atoms with van der Waals surface area (Å²) in [5.41, 5.74) is 1.97. The van der Waals surface area contributed by atoms with Crippen LogP contribution in [0.1, 0.15) is 26.7 Å². The number of carbonyl (C=O) groups excluding carboxylic acids is 1. The second-order valence-corrected chi connectivity index (χ2v) is 7.25. The van der Waals surface area contributed by atoms with Crippen molar-refractivity contribution in [3.05, 3.63) is 24.3 Å². The monoisotopic (exact) mass is 347 g/mol. The molecule has 6 nitrogen and oxygen atoms in total. The molecule has 0 saturated carbocycles. The molecule has 2 amide bonds. The number of piperidine rings is 1. The quantitative estimate of drug-likeness (QED) is 0.882. The number of rotatable bonds is 3. The Labute approximate surface area is 149 Å². The van der Waals surface area contributed by atoms with Crippen LogP contribution in [0.4, 0.5) is 16.2 Å². The Morgan fingerprint density at radius 1 is 1.16 bits per heavy atom. The van der Waals surface area contributed by atoms with Crippen molar-refractivity contribution >= 4 is 17.4 Å². The number of urea groups is 1. The summed E-state index contributed by atoms with van der Waals surface area (Å²) >= 11 is 0. The van der Waals surface area contributed by atoms with Gasteiger partial charge in [0.15, 0.2) is 0 Å². The number of amides is 2. The zero-order valence-corrected chi connectivity index (χ0v) is 15.1. The molecule has 6 heteroatoms. The zero-order chi connectivity index (χ0) is 17.8. The van der Waals surface area contributed by atoms with Gasteiger partial charge in [-0.2, -0.15) is 0 Å². The van der Waals surface area contributed by atoms with E-state index in [1.165, 1.54) is 0 Å². The van der Waals surface area contributed by atoms with Gasteiger partial charge in [-0.05, 0) is 56.9 Å². The van der Waals surface area contributed by atoms with Gasteiger partial charge < -0.3 is 25.0 Å². The van der Waals surface area contributed by atoms with Gasteiger partial charge in [0.05, 0.1) is 12.2 Å². The van der Waals surface area contributed by atoms with Crippen molar-refractivity contribution in [3.63, 3.8) is 0 Å². The maximum atomic E-state index is 12.4. The predicted molar refractivity (Wildman–Crippen MR) is 99.1 cm³/mol. The van der Waals surface area contributed by atoms with Crippen LogP contribution >= 0.6 is 0 Å². The summed E-state index contributed by atoms with van der Waals surface area (Å²) in [7, 11) is 0. The normalized spacial score (nSPS) is 25.1. The van der Waals surface area contributed by atoms with Crippen molar-refractivity contribution in [2.24, 2.45) is 5.92 Å². The molecule has 2 heterocycles. The summed E-state index contributed by atoms with van der Waals surface area (Å²) in [5, 5.41) is 12.2. The molecular formula is C19H29N3O3. The third-order valence-electron chi connectivity index (χ3n) is 5.06. The summed E-state index contributed by atoms with van der Waals surface area (Å²) in [6.45, 7) is 7.59. The lowest BCUT2D eigenvalue weighted by atomic mass is 9.98. The standard InChI is InChI=1S/C19H29N3O3/c1-14-11-22(12-15(2)25-14)18-5-3-17(4-6-18)20-19(24)21-9-7-16(13-23)8-10-21/h3-6,14-16,23H,7-13H2,1-2H3,(H,20,24)/t14-,15-/m0/s1. The second-order valence-electron chi connectivity index (χ2n) is 7.25. The minimum Gasteiger partial charge on any atom is -0.396 e. The van der Waals surface area contributed by atoms with Crippen LogP contribution in [-0.4, -0.2) is 61.0 Å². The minimum atomic E-state index is -0.0576. The van der Waals surface area contributed by atoms with Gasteiger partial charge in [0, 0.05) is 44.2 Å². The van der Waals surface area contributed by atoms with Crippen LogP contribution in [-0.2, 0) is 4.74 Å². The first-order valence-corrected chi connectivity index (χ1v) is 9.22. The average molecular weight is 347 g/mol. The molecule has 138 valence electrons. The molecule has 2 aliphatic rings. The van der Waals surface area contributed by atoms with Crippen LogP contribution in [0.3, 0.4) is 0 Å². The summed E-state index contributed by atoms with van der Waals surface area (Å²) in [6, 6.07) is 7.96. The van der Waals surface area contributed by atoms with Crippen LogP contribution in [0, 0.1) is 5.92 Å². The SMILES string of the molecule is C[C@H]1CN(c2ccc(NC(=O)N3CCC(CO)CC3)cc2)C[C@H](C)O1. The van der Waals surface area contributed by atoms with Crippen LogP contribution in [0.15, 0.2) is 24.3 Å². The van der Waals surface area contributed by atoms with Crippen molar-refractivity contribution in [2.75, 3.05) is 43.0 Å². The number of anilines is 2. The molecule has 25 heavy (non-hydrogen) atoms. The van der Waals surface area contributed by atoms with Crippen LogP contribution < -0.4 is 10.2 Å². The number of nitrogens with zero attached hydrogens (tertiary/aromatic N) is 2. The lowest BCUT2D eigenvalue weighted by molar-refractivity contribution is -0.00521. The Morgan fingerprint density at radius 3 is 2.32 bits per heavy atom. The number of ether oxygens (including phenoxy) is 1. The van der Waals surface area contributed by atoms with Gasteiger partial charge in [-0.1, -0.05) is 0 Å². The summed E-state index contributed by atoms with van der Waals surface area (Å²) in [5.74, 6) is 0.335. The molecule has 1 aromatic rings. The van der Waals surface area contributed by atoms with Crippen LogP contribution in [0.5, 0.6) is 0 Å². The Kier molecular flexibility index (Phi) is 5.81. The van der Waals surface area contributed by atoms with Gasteiger partial charge in [0.1, 0.15) is 0 Å². The lowest BCUT2D eigenvalue weighted by Gasteiger charge is -2.37. The molecule has 0 radical (unpaired) electrons. The highest BCUT2D eigenvalue weighted by molar-refractivity contribution is 5.89. The summed E-state index contributed by atoms with van der Waals surface area (Å²) in [6.07, 6.45) is 2.20. The second kappa shape index (κ2) is 8.06. The molecule has 2 saturated heterocycles. The van der Waals surface area contributed by atoms with E-state index in [0.717, 1.165) is 37.3 Å². The van der Waals surface area contributed by atoms with E-state index in [9.17, 15) is 9.90 Å². The fraction of sp³-hybridized carbons (Fsp3) is 0.632. The maximum absolute atomic E-state index is 12.4. The smallest absolute Gasteiger partial charge is 0.321 e. The number of carbonyl (C=O) groups is 1. The lowest BCUT2D eigenvalue weighted by Crippen LogP contribution is -2.45. The predicted octanol–water partition coefficient (Wildman–Crippen LogP) is 2.54. The van der Waals surface area contributed by atoms with Gasteiger partial charge in [0.2, 0.25) is 0 Å². The van der Waals surface area contributed by atoms with E-state index in [-0.39, 0.29) is 24.8 Å². The first kappa shape index (κ1) is 18.0. The Morgan fingerprint density at radius 2 is 1.76 bits per heavy atom. The first-order chi connectivity index (χ1) is 12.0. The molecule has 0 aromatic heterocycles. The van der Waals surface area contributed by atoms with Crippen molar-refractivity contribution in [1.82, 2.24) is 4.90 Å². The zero-order valence-electron chi connectivity index (χ0n) is 15.1. The summed E-state index contributed by atoms with van der Waals surface area (Å²) < 4.78 is 5.78. The first-order valence-electron chi connectivity index (χ1n) is 9.22. The minimum absolute atomic E-state index is 0.0576. The topological polar surface area (TPSA) is 65.0 Å². The average Bonchev–Trinajstić information content (AvgIpc) is 2.61. The molecular weight excluding hydrogens is 318 g/mol. The van der Waals surface area contributed by atoms with Gasteiger partial charge in [-0.15, -0.1) is 0 Å². The van der Waals surface area contributed by atoms with E-state index in [1.54, 1.807) is 0 Å². The van der Waals surface area contributed by atoms with E-state index in [0.29, 0.717) is 19.0 Å². The third-order valence-corrected chi connectivity index (χ3v) is 5.06. The number of likely N-dealkylation sites (tertiary alicyclic amines) is 1. The molecule has 2 atom stereocenters. The fourth-order valence-corrected chi connectivity index (χ4v) is 3.67. The molecule has 0 bridgehead atoms. The van der Waals surface area contributed by atoms with Crippen LogP contribution in [0.25, 0.3) is 0 Å². The molecule has 2 fully saturated rings. The highest BCUT2D eigenvalue weighted by atomic mass is 16.5. The number of aliphatic hydroxyl groups is 1. The van der Waals surface area contributed by atoms with E-state index >= 15 is 0 Å². The molecule has 1 aromatic carbocycles. The van der Waals surface area contributed by atoms with Crippen molar-refractivity contribution in [1.29, 1.82) is 0 Å². The van der Waals surface area contributed by atoms with Gasteiger partial charge >= 0.3 is 6.03 Å². The van der Waals surface area contributed by atoms with Crippen molar-refractivity contribution in [3.8, 4) is 0 Å². The molecule has 2 N–H and O–H groups in total. The molecule has 0 aliphatic carbocycles. The highest BCUT2D eigenvalue weighted by Gasteiger charge is 2.23. The molecule has 0 unspecified atom stereocenters. The Bertz CT molecular complexity index is 560. The Balaban J connectivity index is 1.55. The van der Waals surface area contributed by atoms with Gasteiger partial charge in [0.25, 0.3) is 0 Å². The van der Waals surface area contributed by atoms with E-state index < -0.39 is 0 Å². The molecule has 0 spiro atoms. The number of hydrogen-bond donors (Lipinski definition) is 2. The van der Waals surface area contributed by atoms with Gasteiger partial charge in [-0.25, -0.2) is 4.79 Å². The number of morpholine rings is 1. The van der Waals surface area contributed by atoms with Gasteiger partial charge in [-0.3, -0.25) is 0 Å². The van der Waals surface area contributed by atoms with Crippen molar-refractivity contribution < 1.29 is 14.6 Å². The Hall–Kier alpha value is -1.79. The highest BCUT2D eigenvalue weighted by Crippen LogP contribution is 2.23. The fourth-order valence-electron chi connectivity index (χ4n) is 3.67. The number of aliphatic hydroxyl groups excluding tert-OH is 1. The van der Waals surface area contributed by atoms with Crippen LogP contribution in [0.2, 0.25) is 0 Å². The number of benzene rings is 1. The largest absolute Gasteiger partial charge is 0.396 e. The third kappa shape index (κ3) is 4.64. The molecule has 2 aliphatic heterocycles. The van der Waals surface area contributed by atoms with Crippen molar-refractivity contribution in [2.45, 2.75) is 38.9 Å². The number of hydrogen-bond acceptors (Lipinski definition) is 4.